The summed E-state index contributed by atoms with van der Waals surface area (Å²) in [5.74, 6) is 0.973. The lowest BCUT2D eigenvalue weighted by Crippen LogP contribution is -2.44. The van der Waals surface area contributed by atoms with Gasteiger partial charge in [0.25, 0.3) is 0 Å². The minimum absolute atomic E-state index is 0.528. The second-order valence-corrected chi connectivity index (χ2v) is 7.92. The fourth-order valence-corrected chi connectivity index (χ4v) is 3.81. The summed E-state index contributed by atoms with van der Waals surface area (Å²) in [7, 11) is 2.20. The number of thiazole rings is 1. The molecule has 2 aromatic rings. The molecule has 4 nitrogen and oxygen atoms in total. The van der Waals surface area contributed by atoms with Crippen LogP contribution in [0, 0.1) is 0 Å². The van der Waals surface area contributed by atoms with Gasteiger partial charge in [-0.05, 0) is 38.1 Å². The molecule has 1 saturated heterocycles. The Labute approximate surface area is 153 Å². The molecule has 0 atom stereocenters. The summed E-state index contributed by atoms with van der Waals surface area (Å²) in [5.41, 5.74) is 1.28. The van der Waals surface area contributed by atoms with Crippen LogP contribution in [0.2, 0.25) is 4.47 Å². The van der Waals surface area contributed by atoms with Gasteiger partial charge in [-0.1, -0.05) is 29.8 Å². The molecule has 24 heavy (non-hydrogen) atoms. The van der Waals surface area contributed by atoms with E-state index >= 15 is 0 Å². The quantitative estimate of drug-likeness (QED) is 0.750. The minimum atomic E-state index is 0.528. The Kier molecular flexibility index (Phi) is 6.49. The van der Waals surface area contributed by atoms with E-state index in [0.29, 0.717) is 11.1 Å². The van der Waals surface area contributed by atoms with Crippen molar-refractivity contribution in [1.82, 2.24) is 14.8 Å². The lowest BCUT2D eigenvalue weighted by Gasteiger charge is -2.32. The highest BCUT2D eigenvalue weighted by molar-refractivity contribution is 7.15. The van der Waals surface area contributed by atoms with E-state index in [2.05, 4.69) is 34.0 Å². The number of aromatic nitrogens is 1. The summed E-state index contributed by atoms with van der Waals surface area (Å²) in [6, 6.07) is 8.33. The van der Waals surface area contributed by atoms with Crippen molar-refractivity contribution in [2.45, 2.75) is 19.4 Å². The Morgan fingerprint density at radius 1 is 1.21 bits per heavy atom. The Balaban J connectivity index is 1.48. The van der Waals surface area contributed by atoms with Crippen molar-refractivity contribution < 1.29 is 4.74 Å². The number of hydrogen-bond acceptors (Lipinski definition) is 5. The van der Waals surface area contributed by atoms with Crippen LogP contribution >= 0.6 is 22.9 Å². The van der Waals surface area contributed by atoms with E-state index in [1.54, 1.807) is 6.20 Å². The van der Waals surface area contributed by atoms with Gasteiger partial charge in [0.05, 0.1) is 4.88 Å². The first kappa shape index (κ1) is 17.7. The predicted molar refractivity (Wildman–Crippen MR) is 100 cm³/mol. The van der Waals surface area contributed by atoms with Crippen LogP contribution in [-0.4, -0.2) is 54.6 Å². The van der Waals surface area contributed by atoms with Crippen molar-refractivity contribution in [2.75, 3.05) is 39.8 Å². The Morgan fingerprint density at radius 3 is 2.75 bits per heavy atom. The molecule has 0 aliphatic carbocycles. The van der Waals surface area contributed by atoms with Crippen molar-refractivity contribution in [3.05, 3.63) is 45.4 Å². The summed E-state index contributed by atoms with van der Waals surface area (Å²) in [4.78, 5) is 10.1. The fourth-order valence-electron chi connectivity index (χ4n) is 2.92. The van der Waals surface area contributed by atoms with Gasteiger partial charge in [-0.2, -0.15) is 0 Å². The fraction of sp³-hybridized carbons (Fsp3) is 0.500. The number of likely N-dealkylation sites (N-methyl/N-ethyl adjacent to an activating group) is 1. The standard InChI is InChI=1S/C18H24ClN3OS/c1-21-9-11-22(12-10-21)8-4-6-15-5-2-3-7-17(15)23-14-16-13-20-18(19)24-16/h2-3,5,7,13H,4,6,8-12,14H2,1H3. The van der Waals surface area contributed by atoms with Crippen molar-refractivity contribution in [3.8, 4) is 5.75 Å². The van der Waals surface area contributed by atoms with Gasteiger partial charge in [0.2, 0.25) is 0 Å². The lowest BCUT2D eigenvalue weighted by molar-refractivity contribution is 0.153. The van der Waals surface area contributed by atoms with Gasteiger partial charge in [-0.15, -0.1) is 11.3 Å². The van der Waals surface area contributed by atoms with Crippen LogP contribution in [0.3, 0.4) is 0 Å². The molecule has 130 valence electrons. The molecular weight excluding hydrogens is 342 g/mol. The van der Waals surface area contributed by atoms with Crippen LogP contribution in [0.5, 0.6) is 5.75 Å². The van der Waals surface area contributed by atoms with E-state index in [-0.39, 0.29) is 0 Å². The summed E-state index contributed by atoms with van der Waals surface area (Å²) < 4.78 is 6.55. The highest BCUT2D eigenvalue weighted by Crippen LogP contribution is 2.23. The third kappa shape index (κ3) is 5.18. The van der Waals surface area contributed by atoms with Crippen LogP contribution in [0.25, 0.3) is 0 Å². The third-order valence-corrected chi connectivity index (χ3v) is 5.47. The third-order valence-electron chi connectivity index (χ3n) is 4.38. The van der Waals surface area contributed by atoms with E-state index in [1.807, 2.05) is 12.1 Å². The van der Waals surface area contributed by atoms with Gasteiger partial charge < -0.3 is 14.5 Å². The van der Waals surface area contributed by atoms with Gasteiger partial charge in [-0.3, -0.25) is 0 Å². The molecule has 0 N–H and O–H groups in total. The summed E-state index contributed by atoms with van der Waals surface area (Å²) in [6.45, 7) is 6.41. The lowest BCUT2D eigenvalue weighted by atomic mass is 10.1. The molecule has 6 heteroatoms. The Bertz CT molecular complexity index is 641. The minimum Gasteiger partial charge on any atom is -0.488 e. The zero-order valence-electron chi connectivity index (χ0n) is 14.1. The van der Waals surface area contributed by atoms with E-state index in [1.165, 1.54) is 43.1 Å². The van der Waals surface area contributed by atoms with Crippen LogP contribution in [0.4, 0.5) is 0 Å². The number of para-hydroxylation sites is 1. The number of benzene rings is 1. The molecule has 3 rings (SSSR count). The largest absolute Gasteiger partial charge is 0.488 e. The highest BCUT2D eigenvalue weighted by atomic mass is 35.5. The number of hydrogen-bond donors (Lipinski definition) is 0. The van der Waals surface area contributed by atoms with Gasteiger partial charge in [-0.25, -0.2) is 4.98 Å². The number of piperazine rings is 1. The van der Waals surface area contributed by atoms with Gasteiger partial charge >= 0.3 is 0 Å². The van der Waals surface area contributed by atoms with Crippen LogP contribution in [0.15, 0.2) is 30.5 Å². The smallest absolute Gasteiger partial charge is 0.183 e. The first-order valence-electron chi connectivity index (χ1n) is 8.42. The van der Waals surface area contributed by atoms with Gasteiger partial charge in [0, 0.05) is 32.4 Å². The van der Waals surface area contributed by atoms with Crippen molar-refractivity contribution in [3.63, 3.8) is 0 Å². The van der Waals surface area contributed by atoms with E-state index in [9.17, 15) is 0 Å². The van der Waals surface area contributed by atoms with Crippen molar-refractivity contribution in [2.24, 2.45) is 0 Å². The molecule has 0 amide bonds. The number of aryl methyl sites for hydroxylation is 1. The summed E-state index contributed by atoms with van der Waals surface area (Å²) in [6.07, 6.45) is 3.99. The number of halogens is 1. The predicted octanol–water partition coefficient (Wildman–Crippen LogP) is 3.56. The first-order valence-corrected chi connectivity index (χ1v) is 9.62. The van der Waals surface area contributed by atoms with Gasteiger partial charge in [0.1, 0.15) is 12.4 Å². The second-order valence-electron chi connectivity index (χ2n) is 6.22. The van der Waals surface area contributed by atoms with E-state index in [4.69, 9.17) is 16.3 Å². The van der Waals surface area contributed by atoms with E-state index in [0.717, 1.165) is 30.0 Å². The number of rotatable bonds is 7. The Morgan fingerprint density at radius 2 is 2.00 bits per heavy atom. The maximum absolute atomic E-state index is 5.98. The summed E-state index contributed by atoms with van der Waals surface area (Å²) in [5, 5.41) is 0. The van der Waals surface area contributed by atoms with Crippen molar-refractivity contribution in [1.29, 1.82) is 0 Å². The monoisotopic (exact) mass is 365 g/mol. The molecule has 0 saturated carbocycles. The zero-order valence-corrected chi connectivity index (χ0v) is 15.7. The van der Waals surface area contributed by atoms with E-state index < -0.39 is 0 Å². The topological polar surface area (TPSA) is 28.6 Å². The number of ether oxygens (including phenoxy) is 1. The molecule has 1 aliphatic rings. The molecule has 1 aromatic carbocycles. The molecule has 0 spiro atoms. The molecular formula is C18H24ClN3OS. The molecule has 0 unspecified atom stereocenters. The van der Waals surface area contributed by atoms with Crippen LogP contribution in [-0.2, 0) is 13.0 Å². The molecule has 1 aliphatic heterocycles. The molecule has 2 heterocycles. The zero-order chi connectivity index (χ0) is 16.8. The second kappa shape index (κ2) is 8.81. The molecule has 1 aromatic heterocycles. The van der Waals surface area contributed by atoms with Crippen LogP contribution < -0.4 is 4.74 Å². The normalized spacial score (nSPS) is 16.4. The van der Waals surface area contributed by atoms with Gasteiger partial charge in [0.15, 0.2) is 4.47 Å². The maximum atomic E-state index is 5.98. The average Bonchev–Trinajstić information content (AvgIpc) is 3.01. The average molecular weight is 366 g/mol. The molecule has 0 bridgehead atoms. The van der Waals surface area contributed by atoms with Crippen LogP contribution in [0.1, 0.15) is 16.9 Å². The first-order chi connectivity index (χ1) is 11.7. The maximum Gasteiger partial charge on any atom is 0.183 e. The molecule has 1 fully saturated rings. The number of nitrogens with zero attached hydrogens (tertiary/aromatic N) is 3. The highest BCUT2D eigenvalue weighted by Gasteiger charge is 2.13. The Hall–Kier alpha value is -1.14. The summed E-state index contributed by atoms with van der Waals surface area (Å²) >= 11 is 7.34. The molecule has 0 radical (unpaired) electrons. The SMILES string of the molecule is CN1CCN(CCCc2ccccc2OCc2cnc(Cl)s2)CC1. The van der Waals surface area contributed by atoms with Crippen molar-refractivity contribution >= 4 is 22.9 Å².